The van der Waals surface area contributed by atoms with Gasteiger partial charge in [-0.15, -0.1) is 0 Å². The molecule has 124 valence electrons. The second kappa shape index (κ2) is 8.41. The van der Waals surface area contributed by atoms with Gasteiger partial charge in [-0.3, -0.25) is 9.78 Å². The first-order chi connectivity index (χ1) is 11.8. The number of ether oxygens (including phenoxy) is 1. The van der Waals surface area contributed by atoms with Crippen molar-refractivity contribution in [2.24, 2.45) is 0 Å². The maximum Gasteiger partial charge on any atom is 0.246 e. The molecular weight excluding hydrogens is 300 g/mol. The zero-order chi connectivity index (χ0) is 16.6. The Morgan fingerprint density at radius 1 is 1.25 bits per heavy atom. The minimum atomic E-state index is -0.00166. The van der Waals surface area contributed by atoms with Crippen molar-refractivity contribution in [1.29, 1.82) is 0 Å². The lowest BCUT2D eigenvalue weighted by atomic mass is 10.2. The summed E-state index contributed by atoms with van der Waals surface area (Å²) in [5.74, 6) is -0.00166. The van der Waals surface area contributed by atoms with Gasteiger partial charge in [0.2, 0.25) is 5.91 Å². The summed E-state index contributed by atoms with van der Waals surface area (Å²) < 4.78 is 5.70. The second-order valence-corrected chi connectivity index (χ2v) is 5.96. The molecule has 4 nitrogen and oxygen atoms in total. The zero-order valence-corrected chi connectivity index (χ0v) is 13.7. The Morgan fingerprint density at radius 3 is 2.83 bits per heavy atom. The molecule has 0 radical (unpaired) electrons. The summed E-state index contributed by atoms with van der Waals surface area (Å²) in [6.45, 7) is 1.96. The van der Waals surface area contributed by atoms with Crippen LogP contribution in [0.25, 0.3) is 6.08 Å². The van der Waals surface area contributed by atoms with Gasteiger partial charge in [0.25, 0.3) is 0 Å². The number of amides is 1. The van der Waals surface area contributed by atoms with Crippen molar-refractivity contribution < 1.29 is 9.53 Å². The number of nitrogens with zero attached hydrogens (tertiary/aromatic N) is 2. The first-order valence-corrected chi connectivity index (χ1v) is 8.34. The summed E-state index contributed by atoms with van der Waals surface area (Å²) in [7, 11) is 0. The van der Waals surface area contributed by atoms with Crippen LogP contribution in [0.5, 0.6) is 0 Å². The van der Waals surface area contributed by atoms with Crippen LogP contribution in [0.4, 0.5) is 0 Å². The van der Waals surface area contributed by atoms with E-state index in [1.54, 1.807) is 18.5 Å². The maximum atomic E-state index is 12.7. The summed E-state index contributed by atoms with van der Waals surface area (Å²) in [5.41, 5.74) is 2.04. The number of carbonyl (C=O) groups excluding carboxylic acids is 1. The molecule has 3 rings (SSSR count). The van der Waals surface area contributed by atoms with E-state index in [1.807, 2.05) is 53.4 Å². The van der Waals surface area contributed by atoms with Crippen LogP contribution in [0, 0.1) is 0 Å². The minimum absolute atomic E-state index is 0.00166. The third-order valence-electron chi connectivity index (χ3n) is 4.07. The van der Waals surface area contributed by atoms with Gasteiger partial charge in [-0.25, -0.2) is 0 Å². The highest BCUT2D eigenvalue weighted by Crippen LogP contribution is 2.15. The number of carbonyl (C=O) groups is 1. The largest absolute Gasteiger partial charge is 0.376 e. The molecular formula is C20H22N2O2. The van der Waals surface area contributed by atoms with Gasteiger partial charge in [0.05, 0.1) is 6.10 Å². The van der Waals surface area contributed by atoms with Crippen LogP contribution >= 0.6 is 0 Å². The quantitative estimate of drug-likeness (QED) is 0.766. The molecule has 0 spiro atoms. The van der Waals surface area contributed by atoms with E-state index in [9.17, 15) is 4.79 Å². The van der Waals surface area contributed by atoms with Crippen LogP contribution in [0.15, 0.2) is 60.9 Å². The third-order valence-corrected chi connectivity index (χ3v) is 4.07. The molecule has 1 amide bonds. The van der Waals surface area contributed by atoms with Crippen molar-refractivity contribution in [3.63, 3.8) is 0 Å². The lowest BCUT2D eigenvalue weighted by molar-refractivity contribution is -0.128. The highest BCUT2D eigenvalue weighted by Gasteiger charge is 2.21. The Balaban J connectivity index is 1.70. The molecule has 4 heteroatoms. The number of hydrogen-bond acceptors (Lipinski definition) is 3. The number of hydrogen-bond donors (Lipinski definition) is 0. The summed E-state index contributed by atoms with van der Waals surface area (Å²) in [4.78, 5) is 18.6. The number of benzene rings is 1. The maximum absolute atomic E-state index is 12.7. The topological polar surface area (TPSA) is 42.4 Å². The number of aromatic nitrogens is 1. The number of pyridine rings is 1. The molecule has 0 aliphatic carbocycles. The molecule has 1 unspecified atom stereocenters. The van der Waals surface area contributed by atoms with Gasteiger partial charge in [-0.05, 0) is 36.1 Å². The molecule has 1 aliphatic rings. The van der Waals surface area contributed by atoms with Gasteiger partial charge in [0.15, 0.2) is 0 Å². The Morgan fingerprint density at radius 2 is 2.12 bits per heavy atom. The van der Waals surface area contributed by atoms with Gasteiger partial charge >= 0.3 is 0 Å². The fourth-order valence-corrected chi connectivity index (χ4v) is 2.82. The highest BCUT2D eigenvalue weighted by atomic mass is 16.5. The predicted molar refractivity (Wildman–Crippen MR) is 94.1 cm³/mol. The lowest BCUT2D eigenvalue weighted by Gasteiger charge is -2.24. The number of rotatable bonds is 6. The standard InChI is InChI=1S/C20H22N2O2/c23-20(11-10-17-6-2-1-3-7-17)22(16-19-9-5-13-24-19)15-18-8-4-12-21-14-18/h1-4,6-8,10-12,14,19H,5,9,13,15-16H2. The van der Waals surface area contributed by atoms with Gasteiger partial charge in [0, 0.05) is 38.2 Å². The molecule has 24 heavy (non-hydrogen) atoms. The van der Waals surface area contributed by atoms with Gasteiger partial charge < -0.3 is 9.64 Å². The summed E-state index contributed by atoms with van der Waals surface area (Å²) in [6.07, 6.45) is 9.26. The van der Waals surface area contributed by atoms with Crippen molar-refractivity contribution in [1.82, 2.24) is 9.88 Å². The Hall–Kier alpha value is -2.46. The van der Waals surface area contributed by atoms with Gasteiger partial charge in [0.1, 0.15) is 0 Å². The molecule has 1 fully saturated rings. The molecule has 1 saturated heterocycles. The SMILES string of the molecule is O=C(C=Cc1ccccc1)N(Cc1cccnc1)CC1CCCO1. The van der Waals surface area contributed by atoms with Crippen LogP contribution in [0.2, 0.25) is 0 Å². The van der Waals surface area contributed by atoms with Crippen LogP contribution in [-0.2, 0) is 16.1 Å². The Kier molecular flexibility index (Phi) is 5.75. The van der Waals surface area contributed by atoms with Crippen LogP contribution in [-0.4, -0.2) is 35.0 Å². The van der Waals surface area contributed by atoms with Crippen molar-refractivity contribution >= 4 is 12.0 Å². The molecule has 0 saturated carbocycles. The van der Waals surface area contributed by atoms with Gasteiger partial charge in [-0.2, -0.15) is 0 Å². The minimum Gasteiger partial charge on any atom is -0.376 e. The molecule has 2 aromatic rings. The summed E-state index contributed by atoms with van der Waals surface area (Å²) in [6, 6.07) is 13.7. The highest BCUT2D eigenvalue weighted by molar-refractivity contribution is 5.91. The van der Waals surface area contributed by atoms with E-state index < -0.39 is 0 Å². The van der Waals surface area contributed by atoms with Crippen molar-refractivity contribution in [3.05, 3.63) is 72.1 Å². The smallest absolute Gasteiger partial charge is 0.246 e. The molecule has 1 aliphatic heterocycles. The summed E-state index contributed by atoms with van der Waals surface area (Å²) in [5, 5.41) is 0. The molecule has 0 N–H and O–H groups in total. The molecule has 1 atom stereocenters. The first kappa shape index (κ1) is 16.4. The van der Waals surface area contributed by atoms with E-state index in [4.69, 9.17) is 4.74 Å². The predicted octanol–water partition coefficient (Wildman–Crippen LogP) is 3.30. The normalized spacial score (nSPS) is 17.2. The van der Waals surface area contributed by atoms with E-state index in [0.717, 1.165) is 30.6 Å². The molecule has 2 heterocycles. The zero-order valence-electron chi connectivity index (χ0n) is 13.7. The lowest BCUT2D eigenvalue weighted by Crippen LogP contribution is -2.35. The Bertz CT molecular complexity index is 665. The van der Waals surface area contributed by atoms with Crippen LogP contribution in [0.3, 0.4) is 0 Å². The second-order valence-electron chi connectivity index (χ2n) is 5.96. The molecule has 1 aromatic heterocycles. The average molecular weight is 322 g/mol. The summed E-state index contributed by atoms with van der Waals surface area (Å²) >= 11 is 0. The monoisotopic (exact) mass is 322 g/mol. The Labute approximate surface area is 142 Å². The van der Waals surface area contributed by atoms with Crippen LogP contribution < -0.4 is 0 Å². The van der Waals surface area contributed by atoms with Crippen molar-refractivity contribution in [2.75, 3.05) is 13.2 Å². The van der Waals surface area contributed by atoms with E-state index >= 15 is 0 Å². The van der Waals surface area contributed by atoms with E-state index in [2.05, 4.69) is 4.98 Å². The first-order valence-electron chi connectivity index (χ1n) is 8.34. The van der Waals surface area contributed by atoms with Crippen LogP contribution in [0.1, 0.15) is 24.0 Å². The van der Waals surface area contributed by atoms with E-state index in [1.165, 1.54) is 0 Å². The molecule has 0 bridgehead atoms. The van der Waals surface area contributed by atoms with Crippen molar-refractivity contribution in [2.45, 2.75) is 25.5 Å². The van der Waals surface area contributed by atoms with E-state index in [-0.39, 0.29) is 12.0 Å². The van der Waals surface area contributed by atoms with Gasteiger partial charge in [-0.1, -0.05) is 36.4 Å². The fraction of sp³-hybridized carbons (Fsp3) is 0.300. The molecule has 1 aromatic carbocycles. The van der Waals surface area contributed by atoms with Crippen molar-refractivity contribution in [3.8, 4) is 0 Å². The average Bonchev–Trinajstić information content (AvgIpc) is 3.14. The fourth-order valence-electron chi connectivity index (χ4n) is 2.82. The van der Waals surface area contributed by atoms with E-state index in [0.29, 0.717) is 13.1 Å². The third kappa shape index (κ3) is 4.77.